The molecule has 4 nitrogen and oxygen atoms in total. The highest BCUT2D eigenvalue weighted by atomic mass is 16.5. The average molecular weight is 469 g/mol. The van der Waals surface area contributed by atoms with E-state index in [9.17, 15) is 0 Å². The Bertz CT molecular complexity index is 1100. The maximum atomic E-state index is 5.46. The van der Waals surface area contributed by atoms with Gasteiger partial charge in [-0.3, -0.25) is 0 Å². The van der Waals surface area contributed by atoms with Crippen LogP contribution in [-0.4, -0.2) is 28.4 Å². The van der Waals surface area contributed by atoms with E-state index in [1.165, 1.54) is 22.3 Å². The Morgan fingerprint density at radius 3 is 0.914 bits per heavy atom. The van der Waals surface area contributed by atoms with Gasteiger partial charge in [-0.05, 0) is 83.6 Å². The van der Waals surface area contributed by atoms with Crippen LogP contribution in [0, 0.1) is 0 Å². The normalized spacial score (nSPS) is 11.1. The first kappa shape index (κ1) is 24.2. The van der Waals surface area contributed by atoms with Gasteiger partial charge in [-0.1, -0.05) is 48.5 Å². The van der Waals surface area contributed by atoms with E-state index in [4.69, 9.17) is 18.9 Å². The van der Waals surface area contributed by atoms with Gasteiger partial charge in [0.2, 0.25) is 0 Å². The standard InChI is InChI=1S/C31H32O4/c1-32-27-13-5-23(6-14-27)21-31(25-9-17-29(34-3)18-10-25,26-11-19-30(35-4)20-12-26)22-24-7-15-28(33-2)16-8-24/h5-20H,21-22H2,1-4H3. The molecule has 0 bridgehead atoms. The van der Waals surface area contributed by atoms with E-state index in [0.29, 0.717) is 0 Å². The van der Waals surface area contributed by atoms with Crippen LogP contribution in [-0.2, 0) is 18.3 Å². The predicted octanol–water partition coefficient (Wildman–Crippen LogP) is 6.49. The minimum atomic E-state index is -0.332. The smallest absolute Gasteiger partial charge is 0.118 e. The van der Waals surface area contributed by atoms with Crippen LogP contribution >= 0.6 is 0 Å². The largest absolute Gasteiger partial charge is 0.497 e. The average Bonchev–Trinajstić information content (AvgIpc) is 2.93. The van der Waals surface area contributed by atoms with Gasteiger partial charge < -0.3 is 18.9 Å². The molecule has 0 radical (unpaired) electrons. The first-order valence-electron chi connectivity index (χ1n) is 11.6. The highest BCUT2D eigenvalue weighted by Gasteiger charge is 2.35. The molecule has 4 rings (SSSR count). The SMILES string of the molecule is COc1ccc(CC(Cc2ccc(OC)cc2)(c2ccc(OC)cc2)c2ccc(OC)cc2)cc1. The monoisotopic (exact) mass is 468 g/mol. The number of methoxy groups -OCH3 is 4. The van der Waals surface area contributed by atoms with Crippen molar-refractivity contribution in [3.8, 4) is 23.0 Å². The third-order valence-corrected chi connectivity index (χ3v) is 6.62. The van der Waals surface area contributed by atoms with Crippen molar-refractivity contribution < 1.29 is 18.9 Å². The second-order valence-corrected chi connectivity index (χ2v) is 8.59. The molecule has 0 aliphatic heterocycles. The molecule has 0 saturated heterocycles. The van der Waals surface area contributed by atoms with Gasteiger partial charge in [0.15, 0.2) is 0 Å². The molecule has 4 aromatic carbocycles. The number of benzene rings is 4. The summed E-state index contributed by atoms with van der Waals surface area (Å²) in [5.41, 5.74) is 4.56. The van der Waals surface area contributed by atoms with Crippen LogP contribution in [0.3, 0.4) is 0 Å². The summed E-state index contributed by atoms with van der Waals surface area (Å²) in [6, 6.07) is 33.5. The summed E-state index contributed by atoms with van der Waals surface area (Å²) in [7, 11) is 6.77. The molecule has 0 N–H and O–H groups in total. The fourth-order valence-electron chi connectivity index (χ4n) is 4.64. The number of ether oxygens (including phenoxy) is 4. The Morgan fingerprint density at radius 2 is 0.657 bits per heavy atom. The summed E-state index contributed by atoms with van der Waals surface area (Å²) in [5, 5.41) is 0. The van der Waals surface area contributed by atoms with Gasteiger partial charge in [-0.15, -0.1) is 0 Å². The van der Waals surface area contributed by atoms with Crippen molar-refractivity contribution in [2.75, 3.05) is 28.4 Å². The zero-order valence-electron chi connectivity index (χ0n) is 20.8. The first-order chi connectivity index (χ1) is 17.1. The third kappa shape index (κ3) is 5.43. The molecule has 0 fully saturated rings. The van der Waals surface area contributed by atoms with Crippen molar-refractivity contribution in [2.24, 2.45) is 0 Å². The molecule has 0 aliphatic carbocycles. The lowest BCUT2D eigenvalue weighted by molar-refractivity contribution is 0.412. The summed E-state index contributed by atoms with van der Waals surface area (Å²) in [6.45, 7) is 0. The molecule has 0 spiro atoms. The van der Waals surface area contributed by atoms with Crippen LogP contribution in [0.25, 0.3) is 0 Å². The third-order valence-electron chi connectivity index (χ3n) is 6.62. The molecular weight excluding hydrogens is 436 g/mol. The fraction of sp³-hybridized carbons (Fsp3) is 0.226. The highest BCUT2D eigenvalue weighted by molar-refractivity contribution is 5.47. The number of hydrogen-bond donors (Lipinski definition) is 0. The molecule has 0 atom stereocenters. The molecule has 0 heterocycles. The van der Waals surface area contributed by atoms with Crippen molar-refractivity contribution in [1.29, 1.82) is 0 Å². The molecular formula is C31H32O4. The maximum Gasteiger partial charge on any atom is 0.118 e. The molecule has 35 heavy (non-hydrogen) atoms. The molecule has 0 unspecified atom stereocenters. The van der Waals surface area contributed by atoms with Crippen molar-refractivity contribution in [3.05, 3.63) is 119 Å². The van der Waals surface area contributed by atoms with E-state index >= 15 is 0 Å². The second-order valence-electron chi connectivity index (χ2n) is 8.59. The Labute approximate surface area is 208 Å². The maximum absolute atomic E-state index is 5.46. The lowest BCUT2D eigenvalue weighted by Gasteiger charge is -2.36. The molecule has 0 aromatic heterocycles. The van der Waals surface area contributed by atoms with Crippen molar-refractivity contribution in [1.82, 2.24) is 0 Å². The van der Waals surface area contributed by atoms with Gasteiger partial charge in [0, 0.05) is 5.41 Å². The lowest BCUT2D eigenvalue weighted by atomic mass is 9.67. The van der Waals surface area contributed by atoms with Crippen LogP contribution in [0.1, 0.15) is 22.3 Å². The first-order valence-corrected chi connectivity index (χ1v) is 11.6. The molecule has 180 valence electrons. The van der Waals surface area contributed by atoms with Gasteiger partial charge in [-0.25, -0.2) is 0 Å². The van der Waals surface area contributed by atoms with Crippen LogP contribution in [0.4, 0.5) is 0 Å². The Morgan fingerprint density at radius 1 is 0.400 bits per heavy atom. The lowest BCUT2D eigenvalue weighted by Crippen LogP contribution is -2.33. The topological polar surface area (TPSA) is 36.9 Å². The van der Waals surface area contributed by atoms with E-state index in [-0.39, 0.29) is 5.41 Å². The van der Waals surface area contributed by atoms with E-state index < -0.39 is 0 Å². The van der Waals surface area contributed by atoms with Crippen LogP contribution in [0.15, 0.2) is 97.1 Å². The molecule has 4 heteroatoms. The van der Waals surface area contributed by atoms with Gasteiger partial charge in [-0.2, -0.15) is 0 Å². The van der Waals surface area contributed by atoms with Crippen LogP contribution in [0.5, 0.6) is 23.0 Å². The van der Waals surface area contributed by atoms with E-state index in [1.54, 1.807) is 28.4 Å². The molecule has 0 amide bonds. The van der Waals surface area contributed by atoms with Crippen molar-refractivity contribution >= 4 is 0 Å². The minimum Gasteiger partial charge on any atom is -0.497 e. The summed E-state index contributed by atoms with van der Waals surface area (Å²) in [5.74, 6) is 3.38. The second kappa shape index (κ2) is 11.0. The van der Waals surface area contributed by atoms with E-state index in [2.05, 4.69) is 48.5 Å². The van der Waals surface area contributed by atoms with Crippen LogP contribution < -0.4 is 18.9 Å². The quantitative estimate of drug-likeness (QED) is 0.266. The summed E-state index contributed by atoms with van der Waals surface area (Å²) >= 11 is 0. The van der Waals surface area contributed by atoms with Gasteiger partial charge in [0.25, 0.3) is 0 Å². The van der Waals surface area contributed by atoms with Gasteiger partial charge in [0.05, 0.1) is 28.4 Å². The fourth-order valence-corrected chi connectivity index (χ4v) is 4.64. The number of hydrogen-bond acceptors (Lipinski definition) is 4. The summed E-state index contributed by atoms with van der Waals surface area (Å²) in [6.07, 6.45) is 1.61. The summed E-state index contributed by atoms with van der Waals surface area (Å²) in [4.78, 5) is 0. The van der Waals surface area contributed by atoms with Gasteiger partial charge >= 0.3 is 0 Å². The zero-order chi connectivity index (χ0) is 24.7. The predicted molar refractivity (Wildman–Crippen MR) is 140 cm³/mol. The number of rotatable bonds is 10. The Kier molecular flexibility index (Phi) is 7.61. The van der Waals surface area contributed by atoms with Crippen LogP contribution in [0.2, 0.25) is 0 Å². The van der Waals surface area contributed by atoms with Crippen molar-refractivity contribution in [2.45, 2.75) is 18.3 Å². The highest BCUT2D eigenvalue weighted by Crippen LogP contribution is 2.41. The Hall–Kier alpha value is -3.92. The molecule has 0 saturated carbocycles. The minimum absolute atomic E-state index is 0.332. The molecule has 4 aromatic rings. The summed E-state index contributed by atoms with van der Waals surface area (Å²) < 4.78 is 21.7. The zero-order valence-corrected chi connectivity index (χ0v) is 20.8. The van der Waals surface area contributed by atoms with Crippen molar-refractivity contribution in [3.63, 3.8) is 0 Å². The van der Waals surface area contributed by atoms with E-state index in [0.717, 1.165) is 35.8 Å². The van der Waals surface area contributed by atoms with Gasteiger partial charge in [0.1, 0.15) is 23.0 Å². The Balaban J connectivity index is 1.88. The molecule has 0 aliphatic rings. The van der Waals surface area contributed by atoms with E-state index in [1.807, 2.05) is 48.5 Å².